The molecule has 0 N–H and O–H groups in total. The zero-order chi connectivity index (χ0) is 34.8. The van der Waals surface area contributed by atoms with Crippen LogP contribution in [0.2, 0.25) is 0 Å². The van der Waals surface area contributed by atoms with Gasteiger partial charge in [0.15, 0.2) is 16.3 Å². The van der Waals surface area contributed by atoms with E-state index in [0.29, 0.717) is 54.5 Å². The first-order valence-corrected chi connectivity index (χ1v) is 16.8. The highest BCUT2D eigenvalue weighted by atomic mass is 79.9. The van der Waals surface area contributed by atoms with Crippen LogP contribution in [0.4, 0.5) is 5.69 Å². The molecule has 1 aliphatic rings. The number of furan rings is 1. The minimum Gasteiger partial charge on any atom is -0.493 e. The van der Waals surface area contributed by atoms with Gasteiger partial charge in [0.05, 0.1) is 38.9 Å². The average molecular weight is 745 g/mol. The van der Waals surface area contributed by atoms with Crippen LogP contribution in [-0.4, -0.2) is 29.2 Å². The Morgan fingerprint density at radius 3 is 2.61 bits per heavy atom. The number of ether oxygens (including phenoxy) is 3. The highest BCUT2D eigenvalue weighted by Gasteiger charge is 2.35. The van der Waals surface area contributed by atoms with Crippen LogP contribution >= 0.6 is 27.3 Å². The number of esters is 1. The fraction of sp³-hybridized carbons (Fsp3) is 0.194. The molecule has 5 aromatic rings. The number of carbonyl (C=O) groups excluding carboxylic acids is 1. The number of fused-ring (bicyclic) bond motifs is 1. The Kier molecular flexibility index (Phi) is 9.65. The van der Waals surface area contributed by atoms with Crippen molar-refractivity contribution in [2.24, 2.45) is 4.99 Å². The van der Waals surface area contributed by atoms with Crippen molar-refractivity contribution in [3.05, 3.63) is 141 Å². The number of rotatable bonds is 10. The highest BCUT2D eigenvalue weighted by molar-refractivity contribution is 9.10. The number of nitro groups is 1. The van der Waals surface area contributed by atoms with Crippen LogP contribution in [0.5, 0.6) is 11.5 Å². The normalized spacial score (nSPS) is 14.3. The van der Waals surface area contributed by atoms with Crippen molar-refractivity contribution in [3.63, 3.8) is 0 Å². The van der Waals surface area contributed by atoms with Gasteiger partial charge in [-0.25, -0.2) is 9.79 Å². The van der Waals surface area contributed by atoms with Crippen LogP contribution in [0.25, 0.3) is 17.4 Å². The molecule has 1 atom stereocenters. The number of benzene rings is 3. The third-order valence-corrected chi connectivity index (χ3v) is 9.46. The molecule has 11 nitrogen and oxygen atoms in total. The van der Waals surface area contributed by atoms with E-state index in [9.17, 15) is 19.7 Å². The molecule has 0 spiro atoms. The first-order chi connectivity index (χ1) is 23.6. The van der Waals surface area contributed by atoms with Crippen LogP contribution in [0.1, 0.15) is 42.3 Å². The molecule has 0 bridgehead atoms. The second kappa shape index (κ2) is 14.1. The van der Waals surface area contributed by atoms with Gasteiger partial charge < -0.3 is 18.6 Å². The molecule has 250 valence electrons. The number of methoxy groups -OCH3 is 1. The SMILES string of the molecule is CCOC(=O)C1=C(C)N=c2s/c(=C\c3cc(Br)c(OCc4ccccc4)c(OC)c3)c(=O)n2[C@@H]1c1ccc(-c2cc([N+](=O)[O-])ccc2C)o1. The summed E-state index contributed by atoms with van der Waals surface area (Å²) in [6, 6.07) is 20.2. The first kappa shape index (κ1) is 33.6. The number of aryl methyl sites for hydroxylation is 1. The molecule has 0 fully saturated rings. The number of nitrogens with zero attached hydrogens (tertiary/aromatic N) is 3. The van der Waals surface area contributed by atoms with Crippen molar-refractivity contribution in [2.45, 2.75) is 33.4 Å². The summed E-state index contributed by atoms with van der Waals surface area (Å²) in [5.41, 5.74) is 2.98. The van der Waals surface area contributed by atoms with Gasteiger partial charge in [-0.05, 0) is 83.7 Å². The third kappa shape index (κ3) is 6.72. The summed E-state index contributed by atoms with van der Waals surface area (Å²) in [4.78, 5) is 43.5. The lowest BCUT2D eigenvalue weighted by Gasteiger charge is -2.22. The summed E-state index contributed by atoms with van der Waals surface area (Å²) in [6.07, 6.45) is 1.72. The van der Waals surface area contributed by atoms with Crippen molar-refractivity contribution in [3.8, 4) is 22.8 Å². The molecular formula is C36H30BrN3O8S. The van der Waals surface area contributed by atoms with Gasteiger partial charge >= 0.3 is 5.97 Å². The minimum absolute atomic E-state index is 0.0893. The minimum atomic E-state index is -1.000. The van der Waals surface area contributed by atoms with E-state index in [1.54, 1.807) is 51.3 Å². The fourth-order valence-corrected chi connectivity index (χ4v) is 7.16. The van der Waals surface area contributed by atoms with Crippen molar-refractivity contribution in [1.82, 2.24) is 4.57 Å². The Morgan fingerprint density at radius 2 is 1.90 bits per heavy atom. The van der Waals surface area contributed by atoms with Crippen LogP contribution in [-0.2, 0) is 16.1 Å². The fourth-order valence-electron chi connectivity index (χ4n) is 5.54. The summed E-state index contributed by atoms with van der Waals surface area (Å²) in [7, 11) is 1.54. The number of thiazole rings is 1. The topological polar surface area (TPSA) is 135 Å². The smallest absolute Gasteiger partial charge is 0.338 e. The third-order valence-electron chi connectivity index (χ3n) is 7.89. The first-order valence-electron chi connectivity index (χ1n) is 15.2. The van der Waals surface area contributed by atoms with Crippen molar-refractivity contribution >= 4 is 45.0 Å². The van der Waals surface area contributed by atoms with Crippen molar-refractivity contribution < 1.29 is 28.3 Å². The summed E-state index contributed by atoms with van der Waals surface area (Å²) in [5.74, 6) is 0.986. The Balaban J connectivity index is 1.44. The molecule has 0 saturated carbocycles. The van der Waals surface area contributed by atoms with Gasteiger partial charge in [0, 0.05) is 17.7 Å². The largest absolute Gasteiger partial charge is 0.493 e. The lowest BCUT2D eigenvalue weighted by molar-refractivity contribution is -0.384. The Morgan fingerprint density at radius 1 is 1.12 bits per heavy atom. The van der Waals surface area contributed by atoms with Gasteiger partial charge in [-0.1, -0.05) is 47.7 Å². The predicted molar refractivity (Wildman–Crippen MR) is 187 cm³/mol. The zero-order valence-electron chi connectivity index (χ0n) is 26.9. The Labute approximate surface area is 292 Å². The summed E-state index contributed by atoms with van der Waals surface area (Å²) in [6.45, 7) is 5.64. The molecule has 0 unspecified atom stereocenters. The number of hydrogen-bond acceptors (Lipinski definition) is 10. The van der Waals surface area contributed by atoms with Crippen LogP contribution < -0.4 is 24.4 Å². The van der Waals surface area contributed by atoms with E-state index < -0.39 is 22.5 Å². The molecule has 0 amide bonds. The lowest BCUT2D eigenvalue weighted by Crippen LogP contribution is -2.39. The van der Waals surface area contributed by atoms with Gasteiger partial charge in [0.2, 0.25) is 0 Å². The van der Waals surface area contributed by atoms with Gasteiger partial charge in [-0.3, -0.25) is 19.5 Å². The molecule has 2 aromatic heterocycles. The second-order valence-electron chi connectivity index (χ2n) is 11.1. The number of allylic oxidation sites excluding steroid dienone is 1. The summed E-state index contributed by atoms with van der Waals surface area (Å²) < 4.78 is 25.8. The highest BCUT2D eigenvalue weighted by Crippen LogP contribution is 2.38. The van der Waals surface area contributed by atoms with Gasteiger partial charge in [0.1, 0.15) is 24.2 Å². The van der Waals surface area contributed by atoms with Crippen LogP contribution in [0, 0.1) is 17.0 Å². The maximum Gasteiger partial charge on any atom is 0.338 e. The van der Waals surface area contributed by atoms with Crippen LogP contribution in [0.15, 0.2) is 103 Å². The second-order valence-corrected chi connectivity index (χ2v) is 12.9. The van der Waals surface area contributed by atoms with E-state index in [0.717, 1.165) is 11.1 Å². The monoisotopic (exact) mass is 743 g/mol. The number of hydrogen-bond donors (Lipinski definition) is 0. The summed E-state index contributed by atoms with van der Waals surface area (Å²) in [5, 5.41) is 11.5. The molecule has 1 aliphatic heterocycles. The van der Waals surface area contributed by atoms with E-state index in [1.165, 1.54) is 28.0 Å². The number of halogens is 1. The molecule has 0 aliphatic carbocycles. The standard InChI is InChI=1S/C36H30BrN3O8S/c1-5-46-35(42)31-21(3)38-36-39(32(31)28-14-13-27(48-28)25-18-24(40(43)44)12-11-20(25)2)34(41)30(49-36)17-23-15-26(37)33(29(16-23)45-4)47-19-22-9-7-6-8-10-22/h6-18,32H,5,19H2,1-4H3/b30-17-/t32-/m1/s1. The van der Waals surface area contributed by atoms with E-state index in [-0.39, 0.29) is 23.6 Å². The maximum absolute atomic E-state index is 14.2. The summed E-state index contributed by atoms with van der Waals surface area (Å²) >= 11 is 4.76. The number of aromatic nitrogens is 1. The van der Waals surface area contributed by atoms with Crippen molar-refractivity contribution in [1.29, 1.82) is 0 Å². The predicted octanol–water partition coefficient (Wildman–Crippen LogP) is 6.63. The lowest BCUT2D eigenvalue weighted by atomic mass is 10.0. The molecule has 0 radical (unpaired) electrons. The van der Waals surface area contributed by atoms with Gasteiger partial charge in [-0.15, -0.1) is 0 Å². The zero-order valence-corrected chi connectivity index (χ0v) is 29.3. The molecule has 6 rings (SSSR count). The molecular weight excluding hydrogens is 714 g/mol. The Hall–Kier alpha value is -5.27. The number of non-ortho nitro benzene ring substituents is 1. The number of nitro benzene ring substituents is 1. The van der Waals surface area contributed by atoms with E-state index in [1.807, 2.05) is 43.3 Å². The van der Waals surface area contributed by atoms with E-state index in [4.69, 9.17) is 18.6 Å². The molecule has 0 saturated heterocycles. The molecule has 3 heterocycles. The van der Waals surface area contributed by atoms with Gasteiger partial charge in [-0.2, -0.15) is 0 Å². The van der Waals surface area contributed by atoms with Crippen LogP contribution in [0.3, 0.4) is 0 Å². The molecule has 13 heteroatoms. The quantitative estimate of drug-likeness (QED) is 0.0885. The Bertz CT molecular complexity index is 2310. The molecule has 49 heavy (non-hydrogen) atoms. The number of carbonyl (C=O) groups is 1. The van der Waals surface area contributed by atoms with Gasteiger partial charge in [0.25, 0.3) is 11.2 Å². The van der Waals surface area contributed by atoms with Crippen molar-refractivity contribution in [2.75, 3.05) is 13.7 Å². The van der Waals surface area contributed by atoms with E-state index >= 15 is 0 Å². The van der Waals surface area contributed by atoms with E-state index in [2.05, 4.69) is 20.9 Å². The maximum atomic E-state index is 14.2. The molecule has 3 aromatic carbocycles. The average Bonchev–Trinajstić information content (AvgIpc) is 3.68.